The molecule has 15 heteroatoms. The van der Waals surface area contributed by atoms with Crippen LogP contribution in [0.1, 0.15) is 0 Å². The Balaban J connectivity index is 0.000000108. The Morgan fingerprint density at radius 3 is 0.873 bits per heavy atom. The number of fused-ring (bicyclic) bond motifs is 18. The highest BCUT2D eigenvalue weighted by atomic mass is 15.2. The second kappa shape index (κ2) is 37.0. The highest BCUT2D eigenvalue weighted by molar-refractivity contribution is 6.19. The van der Waals surface area contributed by atoms with Gasteiger partial charge in [-0.2, -0.15) is 0 Å². The molecule has 0 atom stereocenters. The van der Waals surface area contributed by atoms with Gasteiger partial charge < -0.3 is 13.7 Å². The standard InChI is InChI=1S/3C45H29N5/c1-4-14-30(15-5-1)39-29-40(31-16-6-2-7-17-31)48-45(47-39)50-42-28-32(25-26-36(42)38-23-13-27-46-44(38)50)34-21-12-22-37-35-20-10-11-24-41(35)49(43(34)37)33-18-8-3-9-19-33;1-4-14-30(15-5-1)39-29-42(48-44(47-39)31-16-6-2-7-17-31)50-41-28-32(25-26-36(41)38-23-13-27-46-45(38)50)34-21-12-22-37-35-20-10-11-24-40(35)49(43(34)37)33-18-8-3-9-19-33;1-4-14-30(15-5-1)42-41(29-47-44(48-42)31-16-6-2-7-17-31)50-40-28-32(25-26-36(40)38-23-13-27-46-45(38)50)34-21-12-22-37-35-20-10-11-24-39(35)49(43(34)37)33-18-8-3-9-19-33/h3*1-29H. The minimum Gasteiger partial charge on any atom is -0.309 e. The summed E-state index contributed by atoms with van der Waals surface area (Å²) < 4.78 is 13.7. The molecular formula is C135H87N15. The van der Waals surface area contributed by atoms with Gasteiger partial charge in [0.05, 0.1) is 84.3 Å². The molecule has 18 aromatic carbocycles. The summed E-state index contributed by atoms with van der Waals surface area (Å²) in [6.07, 6.45) is 7.51. The van der Waals surface area contributed by atoms with Gasteiger partial charge in [0.25, 0.3) is 0 Å². The van der Waals surface area contributed by atoms with Crippen molar-refractivity contribution in [3.8, 4) is 136 Å². The van der Waals surface area contributed by atoms with Crippen molar-refractivity contribution in [2.75, 3.05) is 0 Å². The summed E-state index contributed by atoms with van der Waals surface area (Å²) in [4.78, 5) is 45.6. The van der Waals surface area contributed by atoms with Gasteiger partial charge in [0.15, 0.2) is 11.6 Å². The van der Waals surface area contributed by atoms with Gasteiger partial charge >= 0.3 is 0 Å². The first-order valence-corrected chi connectivity index (χ1v) is 50.4. The number of para-hydroxylation sites is 9. The third kappa shape index (κ3) is 15.1. The maximum Gasteiger partial charge on any atom is 0.237 e. The lowest BCUT2D eigenvalue weighted by Gasteiger charge is -2.15. The van der Waals surface area contributed by atoms with Crippen molar-refractivity contribution in [3.63, 3.8) is 0 Å². The number of hydrogen-bond donors (Lipinski definition) is 0. The van der Waals surface area contributed by atoms with Crippen LogP contribution in [0, 0.1) is 0 Å². The van der Waals surface area contributed by atoms with Gasteiger partial charge in [-0.3, -0.25) is 13.7 Å². The monoisotopic (exact) mass is 1920 g/mol. The minimum atomic E-state index is 0.581. The van der Waals surface area contributed by atoms with Crippen LogP contribution in [0.4, 0.5) is 0 Å². The number of rotatable bonds is 15. The molecule has 30 rings (SSSR count). The zero-order valence-electron chi connectivity index (χ0n) is 80.9. The van der Waals surface area contributed by atoms with Crippen LogP contribution < -0.4 is 0 Å². The Hall–Kier alpha value is -20.6. The predicted octanol–water partition coefficient (Wildman–Crippen LogP) is 33.2. The maximum atomic E-state index is 5.21. The molecule has 0 aliphatic heterocycles. The van der Waals surface area contributed by atoms with E-state index in [1.807, 2.05) is 152 Å². The lowest BCUT2D eigenvalue weighted by molar-refractivity contribution is 0.982. The van der Waals surface area contributed by atoms with E-state index in [1.54, 1.807) is 0 Å². The van der Waals surface area contributed by atoms with Gasteiger partial charge in [-0.25, -0.2) is 44.9 Å². The van der Waals surface area contributed by atoms with Gasteiger partial charge in [0.2, 0.25) is 5.95 Å². The fourth-order valence-electron chi connectivity index (χ4n) is 22.1. The van der Waals surface area contributed by atoms with Gasteiger partial charge in [-0.05, 0) is 132 Å². The average Bonchev–Trinajstić information content (AvgIpc) is 1.57. The van der Waals surface area contributed by atoms with Crippen molar-refractivity contribution < 1.29 is 0 Å². The first kappa shape index (κ1) is 87.3. The Bertz CT molecular complexity index is 9940. The second-order valence-corrected chi connectivity index (χ2v) is 37.5. The van der Waals surface area contributed by atoms with E-state index in [4.69, 9.17) is 44.9 Å². The third-order valence-corrected chi connectivity index (χ3v) is 28.8. The van der Waals surface area contributed by atoms with Gasteiger partial charge in [0, 0.05) is 156 Å². The molecule has 0 unspecified atom stereocenters. The predicted molar refractivity (Wildman–Crippen MR) is 614 cm³/mol. The number of nitrogens with zero attached hydrogens (tertiary/aromatic N) is 15. The summed E-state index contributed by atoms with van der Waals surface area (Å²) in [6, 6.07) is 176. The highest BCUT2D eigenvalue weighted by Gasteiger charge is 2.28. The zero-order chi connectivity index (χ0) is 99.1. The van der Waals surface area contributed by atoms with Gasteiger partial charge in [-0.15, -0.1) is 0 Å². The molecule has 0 spiro atoms. The van der Waals surface area contributed by atoms with E-state index in [9.17, 15) is 0 Å². The Morgan fingerprint density at radius 2 is 0.473 bits per heavy atom. The first-order valence-electron chi connectivity index (χ1n) is 50.4. The van der Waals surface area contributed by atoms with Crippen LogP contribution in [0.5, 0.6) is 0 Å². The lowest BCUT2D eigenvalue weighted by Crippen LogP contribution is -2.04. The molecule has 0 amide bonds. The number of hydrogen-bond acceptors (Lipinski definition) is 9. The quantitative estimate of drug-likeness (QED) is 0.0979. The second-order valence-electron chi connectivity index (χ2n) is 37.5. The number of benzene rings is 18. The Labute approximate surface area is 861 Å². The van der Waals surface area contributed by atoms with E-state index in [-0.39, 0.29) is 0 Å². The SMILES string of the molecule is c1ccc(-c2cc(-c3ccccc3)nc(-n3c4cc(-c5cccc6c7ccccc7n(-c7ccccc7)c56)ccc4c4cccnc43)n2)cc1.c1ccc(-c2cc(-n3c4cc(-c5cccc6c7ccccc7n(-c7ccccc7)c56)ccc4c4cccnc43)nc(-c3ccccc3)n2)cc1.c1ccc(-c2ncc(-n3c4cc(-c5cccc6c7ccccc7n(-c7ccccc7)c56)ccc4c4cccnc43)c(-c3ccccc3)n2)cc1. The van der Waals surface area contributed by atoms with Crippen LogP contribution in [-0.2, 0) is 0 Å². The molecule has 0 fully saturated rings. The van der Waals surface area contributed by atoms with Crippen molar-refractivity contribution in [2.24, 2.45) is 0 Å². The molecule has 0 saturated heterocycles. The van der Waals surface area contributed by atoms with Gasteiger partial charge in [0.1, 0.15) is 22.8 Å². The molecular weight excluding hydrogens is 1830 g/mol. The van der Waals surface area contributed by atoms with E-state index in [0.717, 1.165) is 184 Å². The van der Waals surface area contributed by atoms with E-state index >= 15 is 0 Å². The molecule has 0 N–H and O–H groups in total. The number of pyridine rings is 3. The minimum absolute atomic E-state index is 0.581. The van der Waals surface area contributed by atoms with Crippen LogP contribution in [-0.4, -0.2) is 72.3 Å². The molecule has 0 saturated carbocycles. The van der Waals surface area contributed by atoms with E-state index in [1.165, 1.54) is 65.4 Å². The molecule has 30 aromatic rings. The highest BCUT2D eigenvalue weighted by Crippen LogP contribution is 2.48. The topological polar surface area (TPSA) is 146 Å². The molecule has 150 heavy (non-hydrogen) atoms. The van der Waals surface area contributed by atoms with E-state index in [0.29, 0.717) is 17.6 Å². The lowest BCUT2D eigenvalue weighted by atomic mass is 10.0. The smallest absolute Gasteiger partial charge is 0.237 e. The fourth-order valence-corrected chi connectivity index (χ4v) is 22.1. The van der Waals surface area contributed by atoms with E-state index in [2.05, 4.69) is 404 Å². The summed E-state index contributed by atoms with van der Waals surface area (Å²) in [6.45, 7) is 0. The fraction of sp³-hybridized carbons (Fsp3) is 0. The van der Waals surface area contributed by atoms with Crippen molar-refractivity contribution in [1.82, 2.24) is 72.3 Å². The largest absolute Gasteiger partial charge is 0.309 e. The molecule has 15 nitrogen and oxygen atoms in total. The molecule has 12 aromatic heterocycles. The number of aromatic nitrogens is 15. The molecule has 702 valence electrons. The van der Waals surface area contributed by atoms with Gasteiger partial charge in [-0.1, -0.05) is 382 Å². The molecule has 0 aliphatic rings. The van der Waals surface area contributed by atoms with Crippen LogP contribution in [0.3, 0.4) is 0 Å². The van der Waals surface area contributed by atoms with Crippen molar-refractivity contribution in [2.45, 2.75) is 0 Å². The average molecular weight is 1920 g/mol. The van der Waals surface area contributed by atoms with E-state index < -0.39 is 0 Å². The normalized spacial score (nSPS) is 11.6. The zero-order valence-corrected chi connectivity index (χ0v) is 80.9. The third-order valence-electron chi connectivity index (χ3n) is 28.8. The molecule has 0 aliphatic carbocycles. The van der Waals surface area contributed by atoms with Crippen LogP contribution in [0.2, 0.25) is 0 Å². The summed E-state index contributed by atoms with van der Waals surface area (Å²) in [5.41, 5.74) is 33.2. The molecule has 12 heterocycles. The first-order chi connectivity index (χ1) is 74.5. The Kier molecular flexibility index (Phi) is 21.5. The summed E-state index contributed by atoms with van der Waals surface area (Å²) in [5.74, 6) is 2.70. The van der Waals surface area contributed by atoms with Crippen LogP contribution >= 0.6 is 0 Å². The Morgan fingerprint density at radius 1 is 0.167 bits per heavy atom. The summed E-state index contributed by atoms with van der Waals surface area (Å²) in [7, 11) is 0. The van der Waals surface area contributed by atoms with Crippen LogP contribution in [0.25, 0.3) is 267 Å². The van der Waals surface area contributed by atoms with Crippen molar-refractivity contribution in [3.05, 3.63) is 528 Å². The summed E-state index contributed by atoms with van der Waals surface area (Å²) in [5, 5.41) is 13.9. The molecule has 0 bridgehead atoms. The van der Waals surface area contributed by atoms with Crippen LogP contribution in [0.15, 0.2) is 528 Å². The maximum absolute atomic E-state index is 5.21. The van der Waals surface area contributed by atoms with Crippen molar-refractivity contribution in [1.29, 1.82) is 0 Å². The summed E-state index contributed by atoms with van der Waals surface area (Å²) >= 11 is 0. The molecule has 0 radical (unpaired) electrons. The van der Waals surface area contributed by atoms with Crippen molar-refractivity contribution >= 4 is 131 Å².